The number of carbonyl (C=O) groups excluding carboxylic acids is 1. The molecule has 5 nitrogen and oxygen atoms in total. The van der Waals surface area contributed by atoms with E-state index in [1.165, 1.54) is 7.11 Å². The van der Waals surface area contributed by atoms with E-state index in [0.29, 0.717) is 5.56 Å². The number of nitrogens with zero attached hydrogens (tertiary/aromatic N) is 3. The van der Waals surface area contributed by atoms with Crippen molar-refractivity contribution in [3.8, 4) is 11.8 Å². The summed E-state index contributed by atoms with van der Waals surface area (Å²) < 4.78 is 6.04. The van der Waals surface area contributed by atoms with E-state index in [0.717, 1.165) is 5.52 Å². The van der Waals surface area contributed by atoms with Crippen molar-refractivity contribution in [3.63, 3.8) is 0 Å². The van der Waals surface area contributed by atoms with Crippen LogP contribution in [-0.4, -0.2) is 27.7 Å². The van der Waals surface area contributed by atoms with Crippen LogP contribution < -0.4 is 0 Å². The second kappa shape index (κ2) is 3.80. The average Bonchev–Trinajstić information content (AvgIpc) is 2.69. The lowest BCUT2D eigenvalue weighted by Crippen LogP contribution is -1.94. The van der Waals surface area contributed by atoms with E-state index in [1.54, 1.807) is 29.3 Å². The normalized spacial score (nSPS) is 9.40. The number of rotatable bonds is 0. The first kappa shape index (κ1) is 9.21. The summed E-state index contributed by atoms with van der Waals surface area (Å²) in [7, 11) is 1.29. The van der Waals surface area contributed by atoms with Crippen LogP contribution in [0.4, 0.5) is 0 Å². The van der Waals surface area contributed by atoms with E-state index in [1.807, 2.05) is 0 Å². The maximum atomic E-state index is 10.8. The van der Waals surface area contributed by atoms with E-state index >= 15 is 0 Å². The first-order chi connectivity index (χ1) is 7.31. The molecule has 0 bridgehead atoms. The Morgan fingerprint density at radius 3 is 3.20 bits per heavy atom. The summed E-state index contributed by atoms with van der Waals surface area (Å²) >= 11 is 0. The summed E-state index contributed by atoms with van der Waals surface area (Å²) in [6.45, 7) is 0. The van der Waals surface area contributed by atoms with Gasteiger partial charge in [0, 0.05) is 18.3 Å². The van der Waals surface area contributed by atoms with Gasteiger partial charge in [0.25, 0.3) is 0 Å². The fourth-order valence-electron chi connectivity index (χ4n) is 1.10. The smallest absolute Gasteiger partial charge is 0.384 e. The average molecular weight is 201 g/mol. The molecular weight excluding hydrogens is 194 g/mol. The molecule has 0 aliphatic rings. The zero-order chi connectivity index (χ0) is 10.7. The number of hydrogen-bond donors (Lipinski definition) is 0. The Bertz CT molecular complexity index is 563. The molecule has 2 aromatic rings. The number of carbonyl (C=O) groups is 1. The minimum absolute atomic E-state index is 0.571. The molecule has 0 saturated carbocycles. The fraction of sp³-hybridized carbons (Fsp3) is 0.100. The van der Waals surface area contributed by atoms with Crippen LogP contribution in [0.5, 0.6) is 0 Å². The molecule has 0 amide bonds. The van der Waals surface area contributed by atoms with Gasteiger partial charge in [0.15, 0.2) is 0 Å². The second-order valence-electron chi connectivity index (χ2n) is 2.71. The van der Waals surface area contributed by atoms with Gasteiger partial charge in [-0.05, 0) is 0 Å². The zero-order valence-electron chi connectivity index (χ0n) is 7.97. The Morgan fingerprint density at radius 1 is 1.53 bits per heavy atom. The highest BCUT2D eigenvalue weighted by atomic mass is 16.5. The highest BCUT2D eigenvalue weighted by molar-refractivity contribution is 5.89. The Balaban J connectivity index is 2.43. The standard InChI is InChI=1S/C10H7N3O2/c1-15-10(14)3-2-8-6-12-13-5-4-11-7-9(8)13/h4-7H,1H3. The lowest BCUT2D eigenvalue weighted by molar-refractivity contribution is -0.133. The number of aromatic nitrogens is 3. The van der Waals surface area contributed by atoms with Crippen LogP contribution in [-0.2, 0) is 9.53 Å². The molecule has 0 atom stereocenters. The first-order valence-electron chi connectivity index (χ1n) is 4.18. The van der Waals surface area contributed by atoms with Crippen LogP contribution >= 0.6 is 0 Å². The van der Waals surface area contributed by atoms with Gasteiger partial charge in [-0.25, -0.2) is 9.31 Å². The molecule has 0 radical (unpaired) electrons. The van der Waals surface area contributed by atoms with Crippen LogP contribution in [0.3, 0.4) is 0 Å². The zero-order valence-corrected chi connectivity index (χ0v) is 7.97. The van der Waals surface area contributed by atoms with Gasteiger partial charge in [0.1, 0.15) is 5.52 Å². The number of ether oxygens (including phenoxy) is 1. The van der Waals surface area contributed by atoms with Crippen molar-refractivity contribution in [2.75, 3.05) is 7.11 Å². The molecule has 2 heterocycles. The third kappa shape index (κ3) is 1.79. The molecule has 0 saturated heterocycles. The fourth-order valence-corrected chi connectivity index (χ4v) is 1.10. The van der Waals surface area contributed by atoms with Gasteiger partial charge in [-0.3, -0.25) is 4.98 Å². The topological polar surface area (TPSA) is 56.5 Å². The molecule has 2 rings (SSSR count). The summed E-state index contributed by atoms with van der Waals surface area (Å²) in [6.07, 6.45) is 6.54. The maximum Gasteiger partial charge on any atom is 0.384 e. The lowest BCUT2D eigenvalue weighted by atomic mass is 10.3. The van der Waals surface area contributed by atoms with Gasteiger partial charge < -0.3 is 4.74 Å². The van der Waals surface area contributed by atoms with E-state index in [9.17, 15) is 4.79 Å². The van der Waals surface area contributed by atoms with Gasteiger partial charge in [0.05, 0.1) is 25.1 Å². The summed E-state index contributed by atoms with van der Waals surface area (Å²) in [5, 5.41) is 4.04. The minimum atomic E-state index is -0.571. The summed E-state index contributed by atoms with van der Waals surface area (Å²) in [5.74, 6) is 4.43. The maximum absolute atomic E-state index is 10.8. The molecule has 0 aliphatic carbocycles. The van der Waals surface area contributed by atoms with E-state index in [4.69, 9.17) is 0 Å². The van der Waals surface area contributed by atoms with Crippen molar-refractivity contribution in [2.45, 2.75) is 0 Å². The van der Waals surface area contributed by atoms with Crippen LogP contribution in [0.25, 0.3) is 5.52 Å². The highest BCUT2D eigenvalue weighted by Gasteiger charge is 2.00. The minimum Gasteiger partial charge on any atom is -0.459 e. The third-order valence-corrected chi connectivity index (χ3v) is 1.81. The predicted octanol–water partition coefficient (Wildman–Crippen LogP) is 0.254. The summed E-state index contributed by atoms with van der Waals surface area (Å²) in [4.78, 5) is 14.8. The molecule has 5 heteroatoms. The van der Waals surface area contributed by atoms with Crippen LogP contribution in [0.15, 0.2) is 24.8 Å². The molecule has 0 N–H and O–H groups in total. The molecule has 15 heavy (non-hydrogen) atoms. The molecule has 2 aromatic heterocycles. The molecule has 0 spiro atoms. The highest BCUT2D eigenvalue weighted by Crippen LogP contribution is 2.06. The molecule has 0 unspecified atom stereocenters. The SMILES string of the molecule is COC(=O)C#Cc1cnn2ccncc12. The molecule has 0 fully saturated rings. The van der Waals surface area contributed by atoms with Crippen molar-refractivity contribution in [3.05, 3.63) is 30.4 Å². The largest absolute Gasteiger partial charge is 0.459 e. The first-order valence-corrected chi connectivity index (χ1v) is 4.18. The van der Waals surface area contributed by atoms with Gasteiger partial charge >= 0.3 is 5.97 Å². The monoisotopic (exact) mass is 201 g/mol. The van der Waals surface area contributed by atoms with E-state index < -0.39 is 5.97 Å². The van der Waals surface area contributed by atoms with Crippen molar-refractivity contribution < 1.29 is 9.53 Å². The number of methoxy groups -OCH3 is 1. The number of fused-ring (bicyclic) bond motifs is 1. The lowest BCUT2D eigenvalue weighted by Gasteiger charge is -1.89. The molecule has 0 aliphatic heterocycles. The summed E-state index contributed by atoms with van der Waals surface area (Å²) in [5.41, 5.74) is 1.41. The van der Waals surface area contributed by atoms with Crippen molar-refractivity contribution in [2.24, 2.45) is 0 Å². The second-order valence-corrected chi connectivity index (χ2v) is 2.71. The quantitative estimate of drug-likeness (QED) is 0.453. The van der Waals surface area contributed by atoms with E-state index in [2.05, 4.69) is 26.7 Å². The predicted molar refractivity (Wildman–Crippen MR) is 51.9 cm³/mol. The van der Waals surface area contributed by atoms with Gasteiger partial charge in [0.2, 0.25) is 0 Å². The van der Waals surface area contributed by atoms with E-state index in [-0.39, 0.29) is 0 Å². The van der Waals surface area contributed by atoms with Crippen molar-refractivity contribution >= 4 is 11.5 Å². The van der Waals surface area contributed by atoms with Crippen molar-refractivity contribution in [1.82, 2.24) is 14.6 Å². The van der Waals surface area contributed by atoms with Crippen LogP contribution in [0, 0.1) is 11.8 Å². The van der Waals surface area contributed by atoms with Crippen molar-refractivity contribution in [1.29, 1.82) is 0 Å². The third-order valence-electron chi connectivity index (χ3n) is 1.81. The number of esters is 1. The Hall–Kier alpha value is -2.35. The van der Waals surface area contributed by atoms with Crippen LogP contribution in [0.2, 0.25) is 0 Å². The Kier molecular flexibility index (Phi) is 2.33. The molecular formula is C10H7N3O2. The number of hydrogen-bond acceptors (Lipinski definition) is 4. The van der Waals surface area contributed by atoms with Crippen LogP contribution in [0.1, 0.15) is 5.56 Å². The van der Waals surface area contributed by atoms with Gasteiger partial charge in [-0.15, -0.1) is 0 Å². The van der Waals surface area contributed by atoms with Gasteiger partial charge in [-0.2, -0.15) is 5.10 Å². The Labute approximate surface area is 85.7 Å². The summed E-state index contributed by atoms with van der Waals surface area (Å²) in [6, 6.07) is 0. The molecule has 0 aromatic carbocycles. The van der Waals surface area contributed by atoms with Gasteiger partial charge in [-0.1, -0.05) is 5.92 Å². The Morgan fingerprint density at radius 2 is 2.40 bits per heavy atom. The molecule has 74 valence electrons.